The number of benzene rings is 5. The highest BCUT2D eigenvalue weighted by Crippen LogP contribution is 2.42. The quantitative estimate of drug-likeness (QED) is 0.119. The number of esters is 1. The summed E-state index contributed by atoms with van der Waals surface area (Å²) in [6.07, 6.45) is -0.541. The fraction of sp³-hybridized carbons (Fsp3) is 0.154. The Morgan fingerprint density at radius 1 is 0.696 bits per heavy atom. The smallest absolute Gasteiger partial charge is 0.344 e. The van der Waals surface area contributed by atoms with Crippen LogP contribution in [0.25, 0.3) is 22.2 Å². The maximum absolute atomic E-state index is 11.8. The molecule has 232 valence electrons. The average molecular weight is 632 g/mol. The fourth-order valence-corrected chi connectivity index (χ4v) is 5.69. The van der Waals surface area contributed by atoms with Gasteiger partial charge in [-0.05, 0) is 60.5 Å². The van der Waals surface area contributed by atoms with E-state index in [9.17, 15) is 4.79 Å². The van der Waals surface area contributed by atoms with Crippen LogP contribution in [0.1, 0.15) is 29.8 Å². The van der Waals surface area contributed by atoms with Crippen LogP contribution >= 0.6 is 11.6 Å². The Kier molecular flexibility index (Phi) is 9.98. The second kappa shape index (κ2) is 14.8. The Bertz CT molecular complexity index is 1870. The van der Waals surface area contributed by atoms with E-state index in [1.165, 1.54) is 0 Å². The van der Waals surface area contributed by atoms with Crippen molar-refractivity contribution in [2.75, 3.05) is 13.2 Å². The van der Waals surface area contributed by atoms with E-state index in [0.29, 0.717) is 30.6 Å². The maximum Gasteiger partial charge on any atom is 0.344 e. The van der Waals surface area contributed by atoms with Crippen LogP contribution in [-0.4, -0.2) is 23.8 Å². The van der Waals surface area contributed by atoms with Crippen LogP contribution in [0.4, 0.5) is 0 Å². The zero-order valence-electron chi connectivity index (χ0n) is 25.5. The fourth-order valence-electron chi connectivity index (χ4n) is 5.33. The van der Waals surface area contributed by atoms with E-state index < -0.39 is 12.2 Å². The molecule has 6 aromatic rings. The van der Waals surface area contributed by atoms with E-state index in [0.717, 1.165) is 44.6 Å². The molecular weight excluding hydrogens is 598 g/mol. The molecule has 0 saturated carbocycles. The zero-order valence-corrected chi connectivity index (χ0v) is 26.2. The van der Waals surface area contributed by atoms with Gasteiger partial charge in [0.1, 0.15) is 18.1 Å². The first kappa shape index (κ1) is 31.0. The molecule has 46 heavy (non-hydrogen) atoms. The lowest BCUT2D eigenvalue weighted by atomic mass is 10.1. The molecule has 0 fully saturated rings. The van der Waals surface area contributed by atoms with Crippen molar-refractivity contribution in [2.24, 2.45) is 0 Å². The largest absolute Gasteiger partial charge is 0.489 e. The summed E-state index contributed by atoms with van der Waals surface area (Å²) in [6.45, 7) is 2.77. The molecule has 1 heterocycles. The second-order valence-electron chi connectivity index (χ2n) is 10.7. The van der Waals surface area contributed by atoms with Crippen LogP contribution in [0.15, 0.2) is 133 Å². The number of para-hydroxylation sites is 1. The number of ether oxygens (including phenoxy) is 4. The number of halogens is 1. The summed E-state index contributed by atoms with van der Waals surface area (Å²) >= 11 is 7.18. The molecule has 1 aromatic heterocycles. The molecule has 0 aliphatic carbocycles. The highest BCUT2D eigenvalue weighted by atomic mass is 35.5. The summed E-state index contributed by atoms with van der Waals surface area (Å²) in [5.74, 6) is 0.909. The standard InChI is InChI=1S/C39H34ClNO5/c1-2-43-36(42)27-45-33-23-19-31(20-24-33)39(46-26-29-13-7-4-8-14-29)41-35-16-10-9-15-34(35)37(40)38(41)30-17-21-32(22-18-30)44-25-28-11-5-3-6-12-28/h3-24,39H,2,25-27H2,1H3/t39-/m0/s1. The molecule has 0 aliphatic rings. The van der Waals surface area contributed by atoms with Crippen LogP contribution in [0.5, 0.6) is 11.5 Å². The SMILES string of the molecule is CCOC(=O)COc1ccc([C@H](OCc2ccccc2)n2c(-c3ccc(OCc4ccccc4)cc3)c(Cl)c3ccccc32)cc1. The van der Waals surface area contributed by atoms with Crippen molar-refractivity contribution in [3.8, 4) is 22.8 Å². The summed E-state index contributed by atoms with van der Waals surface area (Å²) in [7, 11) is 0. The third-order valence-corrected chi connectivity index (χ3v) is 7.92. The average Bonchev–Trinajstić information content (AvgIpc) is 3.40. The molecule has 7 heteroatoms. The number of fused-ring (bicyclic) bond motifs is 1. The van der Waals surface area contributed by atoms with Crippen molar-refractivity contribution in [3.63, 3.8) is 0 Å². The predicted octanol–water partition coefficient (Wildman–Crippen LogP) is 9.25. The summed E-state index contributed by atoms with van der Waals surface area (Å²) < 4.78 is 25.6. The summed E-state index contributed by atoms with van der Waals surface area (Å²) in [6, 6.07) is 43.7. The van der Waals surface area contributed by atoms with Gasteiger partial charge in [-0.25, -0.2) is 4.79 Å². The monoisotopic (exact) mass is 631 g/mol. The first-order chi connectivity index (χ1) is 22.6. The first-order valence-electron chi connectivity index (χ1n) is 15.2. The minimum atomic E-state index is -0.541. The van der Waals surface area contributed by atoms with Gasteiger partial charge >= 0.3 is 5.97 Å². The Balaban J connectivity index is 1.36. The van der Waals surface area contributed by atoms with Gasteiger partial charge in [-0.3, -0.25) is 0 Å². The van der Waals surface area contributed by atoms with Gasteiger partial charge in [0.15, 0.2) is 12.8 Å². The van der Waals surface area contributed by atoms with Crippen molar-refractivity contribution in [2.45, 2.75) is 26.4 Å². The van der Waals surface area contributed by atoms with Crippen LogP contribution in [0.2, 0.25) is 5.02 Å². The Hall–Kier alpha value is -5.04. The number of rotatable bonds is 13. The van der Waals surface area contributed by atoms with Gasteiger partial charge in [-0.15, -0.1) is 0 Å². The van der Waals surface area contributed by atoms with E-state index in [1.807, 2.05) is 127 Å². The second-order valence-corrected chi connectivity index (χ2v) is 11.0. The Morgan fingerprint density at radius 2 is 1.28 bits per heavy atom. The number of hydrogen-bond acceptors (Lipinski definition) is 5. The van der Waals surface area contributed by atoms with Crippen LogP contribution in [0, 0.1) is 0 Å². The molecule has 6 rings (SSSR count). The molecular formula is C39H34ClNO5. The third kappa shape index (κ3) is 7.26. The van der Waals surface area contributed by atoms with Gasteiger partial charge in [0.25, 0.3) is 0 Å². The number of carbonyl (C=O) groups is 1. The highest BCUT2D eigenvalue weighted by molar-refractivity contribution is 6.38. The van der Waals surface area contributed by atoms with Crippen LogP contribution < -0.4 is 9.47 Å². The lowest BCUT2D eigenvalue weighted by Crippen LogP contribution is -2.16. The van der Waals surface area contributed by atoms with E-state index >= 15 is 0 Å². The van der Waals surface area contributed by atoms with Crippen molar-refractivity contribution >= 4 is 28.5 Å². The topological polar surface area (TPSA) is 58.9 Å². The number of aromatic nitrogens is 1. The van der Waals surface area contributed by atoms with E-state index in [4.69, 9.17) is 30.5 Å². The highest BCUT2D eigenvalue weighted by Gasteiger charge is 2.25. The van der Waals surface area contributed by atoms with E-state index in [-0.39, 0.29) is 6.61 Å². The zero-order chi connectivity index (χ0) is 31.7. The third-order valence-electron chi connectivity index (χ3n) is 7.54. The minimum absolute atomic E-state index is 0.159. The van der Waals surface area contributed by atoms with Gasteiger partial charge in [0.2, 0.25) is 0 Å². The maximum atomic E-state index is 11.8. The lowest BCUT2D eigenvalue weighted by molar-refractivity contribution is -0.145. The summed E-state index contributed by atoms with van der Waals surface area (Å²) in [5, 5.41) is 1.56. The summed E-state index contributed by atoms with van der Waals surface area (Å²) in [4.78, 5) is 11.8. The van der Waals surface area contributed by atoms with Gasteiger partial charge < -0.3 is 23.5 Å². The predicted molar refractivity (Wildman–Crippen MR) is 181 cm³/mol. The van der Waals surface area contributed by atoms with Crippen LogP contribution in [0.3, 0.4) is 0 Å². The van der Waals surface area contributed by atoms with Crippen molar-refractivity contribution in [1.82, 2.24) is 4.57 Å². The van der Waals surface area contributed by atoms with E-state index in [2.05, 4.69) is 10.6 Å². The van der Waals surface area contributed by atoms with Gasteiger partial charge in [-0.1, -0.05) is 103 Å². The van der Waals surface area contributed by atoms with Crippen LogP contribution in [-0.2, 0) is 27.5 Å². The Morgan fingerprint density at radius 3 is 1.96 bits per heavy atom. The molecule has 0 amide bonds. The molecule has 0 N–H and O–H groups in total. The molecule has 0 spiro atoms. The lowest BCUT2D eigenvalue weighted by Gasteiger charge is -2.24. The van der Waals surface area contributed by atoms with Crippen molar-refractivity contribution in [1.29, 1.82) is 0 Å². The van der Waals surface area contributed by atoms with Gasteiger partial charge in [0, 0.05) is 16.5 Å². The van der Waals surface area contributed by atoms with Crippen molar-refractivity contribution in [3.05, 3.63) is 155 Å². The van der Waals surface area contributed by atoms with Gasteiger partial charge in [0.05, 0.1) is 29.4 Å². The number of carbonyl (C=O) groups excluding carboxylic acids is 1. The Labute approximate surface area is 273 Å². The van der Waals surface area contributed by atoms with E-state index in [1.54, 1.807) is 6.92 Å². The van der Waals surface area contributed by atoms with Gasteiger partial charge in [-0.2, -0.15) is 0 Å². The normalized spacial score (nSPS) is 11.7. The first-order valence-corrected chi connectivity index (χ1v) is 15.6. The minimum Gasteiger partial charge on any atom is -0.489 e. The number of nitrogens with zero attached hydrogens (tertiary/aromatic N) is 1. The summed E-state index contributed by atoms with van der Waals surface area (Å²) in [5.41, 5.74) is 5.74. The number of hydrogen-bond donors (Lipinski definition) is 0. The molecule has 0 aliphatic heterocycles. The molecule has 5 aromatic carbocycles. The van der Waals surface area contributed by atoms with Crippen molar-refractivity contribution < 1.29 is 23.7 Å². The molecule has 0 saturated heterocycles. The molecule has 1 atom stereocenters. The molecule has 6 nitrogen and oxygen atoms in total. The molecule has 0 radical (unpaired) electrons. The molecule has 0 unspecified atom stereocenters. The molecule has 0 bridgehead atoms.